The maximum absolute atomic E-state index is 10.7. The topological polar surface area (TPSA) is 68.1 Å². The summed E-state index contributed by atoms with van der Waals surface area (Å²) in [7, 11) is 0. The minimum atomic E-state index is -0.372. The third-order valence-corrected chi connectivity index (χ3v) is 2.86. The lowest BCUT2D eigenvalue weighted by atomic mass is 10.1. The molecule has 0 bridgehead atoms. The molecule has 98 valence electrons. The molecule has 0 fully saturated rings. The largest absolute Gasteiger partial charge is 0.381 e. The van der Waals surface area contributed by atoms with E-state index in [9.17, 15) is 10.1 Å². The van der Waals surface area contributed by atoms with Crippen LogP contribution in [-0.4, -0.2) is 9.91 Å². The van der Waals surface area contributed by atoms with Crippen LogP contribution in [0.5, 0.6) is 0 Å². The van der Waals surface area contributed by atoms with Crippen molar-refractivity contribution in [2.24, 2.45) is 0 Å². The lowest BCUT2D eigenvalue weighted by Crippen LogP contribution is -2.01. The fourth-order valence-corrected chi connectivity index (χ4v) is 1.78. The van der Waals surface area contributed by atoms with Crippen molar-refractivity contribution in [3.8, 4) is 0 Å². The number of pyridine rings is 1. The Morgan fingerprint density at radius 1 is 1.26 bits per heavy atom. The van der Waals surface area contributed by atoms with E-state index in [2.05, 4.69) is 10.3 Å². The first kappa shape index (κ1) is 13.0. The van der Waals surface area contributed by atoms with Crippen LogP contribution in [-0.2, 0) is 6.54 Å². The molecular formula is C14H15N3O2. The second-order valence-corrected chi connectivity index (χ2v) is 4.42. The second kappa shape index (κ2) is 5.48. The van der Waals surface area contributed by atoms with Crippen molar-refractivity contribution in [1.82, 2.24) is 4.98 Å². The number of benzene rings is 1. The SMILES string of the molecule is Cc1ccc(CNc2ccc([N+](=O)[O-])c(C)c2)cn1. The number of aromatic nitrogens is 1. The van der Waals surface area contributed by atoms with Gasteiger partial charge in [0.15, 0.2) is 0 Å². The Kier molecular flexibility index (Phi) is 3.75. The van der Waals surface area contributed by atoms with Gasteiger partial charge in [-0.25, -0.2) is 0 Å². The van der Waals surface area contributed by atoms with E-state index >= 15 is 0 Å². The number of anilines is 1. The predicted octanol–water partition coefficient (Wildman–Crippen LogP) is 3.22. The summed E-state index contributed by atoms with van der Waals surface area (Å²) in [5.41, 5.74) is 3.71. The molecule has 0 atom stereocenters. The fourth-order valence-electron chi connectivity index (χ4n) is 1.78. The Bertz CT molecular complexity index is 594. The van der Waals surface area contributed by atoms with Gasteiger partial charge in [-0.2, -0.15) is 0 Å². The zero-order chi connectivity index (χ0) is 13.8. The van der Waals surface area contributed by atoms with Crippen molar-refractivity contribution in [1.29, 1.82) is 0 Å². The highest BCUT2D eigenvalue weighted by Crippen LogP contribution is 2.21. The summed E-state index contributed by atoms with van der Waals surface area (Å²) < 4.78 is 0. The molecule has 0 saturated carbocycles. The maximum Gasteiger partial charge on any atom is 0.272 e. The number of nitro groups is 1. The highest BCUT2D eigenvalue weighted by molar-refractivity contribution is 5.53. The van der Waals surface area contributed by atoms with Crippen molar-refractivity contribution >= 4 is 11.4 Å². The number of hydrogen-bond acceptors (Lipinski definition) is 4. The molecule has 5 heteroatoms. The summed E-state index contributed by atoms with van der Waals surface area (Å²) in [6, 6.07) is 8.98. The van der Waals surface area contributed by atoms with Crippen LogP contribution in [0.15, 0.2) is 36.5 Å². The molecule has 5 nitrogen and oxygen atoms in total. The summed E-state index contributed by atoms with van der Waals surface area (Å²) in [5, 5.41) is 13.9. The number of aryl methyl sites for hydroxylation is 2. The lowest BCUT2D eigenvalue weighted by molar-refractivity contribution is -0.385. The number of nitro benzene ring substituents is 1. The molecule has 0 aliphatic carbocycles. The molecule has 1 aromatic carbocycles. The van der Waals surface area contributed by atoms with E-state index in [1.165, 1.54) is 6.07 Å². The van der Waals surface area contributed by atoms with Gasteiger partial charge in [-0.3, -0.25) is 15.1 Å². The quantitative estimate of drug-likeness (QED) is 0.674. The first-order valence-electron chi connectivity index (χ1n) is 5.97. The fraction of sp³-hybridized carbons (Fsp3) is 0.214. The average Bonchev–Trinajstić information content (AvgIpc) is 2.37. The summed E-state index contributed by atoms with van der Waals surface area (Å²) in [4.78, 5) is 14.6. The van der Waals surface area contributed by atoms with Gasteiger partial charge in [0.1, 0.15) is 0 Å². The zero-order valence-electron chi connectivity index (χ0n) is 10.9. The Labute approximate surface area is 111 Å². The lowest BCUT2D eigenvalue weighted by Gasteiger charge is -2.07. The van der Waals surface area contributed by atoms with Crippen LogP contribution in [0.25, 0.3) is 0 Å². The van der Waals surface area contributed by atoms with E-state index in [4.69, 9.17) is 0 Å². The van der Waals surface area contributed by atoms with Crippen LogP contribution in [0, 0.1) is 24.0 Å². The van der Waals surface area contributed by atoms with Gasteiger partial charge in [0, 0.05) is 35.8 Å². The van der Waals surface area contributed by atoms with Crippen molar-refractivity contribution in [3.05, 3.63) is 63.5 Å². The molecule has 0 unspecified atom stereocenters. The molecule has 0 aliphatic heterocycles. The Balaban J connectivity index is 2.06. The predicted molar refractivity (Wildman–Crippen MR) is 74.1 cm³/mol. The number of nitrogens with one attached hydrogen (secondary N) is 1. The van der Waals surface area contributed by atoms with Gasteiger partial charge in [0.2, 0.25) is 0 Å². The second-order valence-electron chi connectivity index (χ2n) is 4.42. The zero-order valence-corrected chi connectivity index (χ0v) is 10.9. The van der Waals surface area contributed by atoms with Crippen LogP contribution in [0.4, 0.5) is 11.4 Å². The van der Waals surface area contributed by atoms with E-state index in [1.54, 1.807) is 19.1 Å². The molecule has 0 saturated heterocycles. The van der Waals surface area contributed by atoms with E-state index in [1.807, 2.05) is 25.3 Å². The molecule has 0 aliphatic rings. The average molecular weight is 257 g/mol. The van der Waals surface area contributed by atoms with Gasteiger partial charge in [0.05, 0.1) is 4.92 Å². The van der Waals surface area contributed by atoms with Gasteiger partial charge in [-0.1, -0.05) is 6.07 Å². The molecule has 19 heavy (non-hydrogen) atoms. The van der Waals surface area contributed by atoms with E-state index in [0.29, 0.717) is 12.1 Å². The number of nitrogens with zero attached hydrogens (tertiary/aromatic N) is 2. The summed E-state index contributed by atoms with van der Waals surface area (Å²) >= 11 is 0. The van der Waals surface area contributed by atoms with Crippen LogP contribution in [0.3, 0.4) is 0 Å². The maximum atomic E-state index is 10.7. The van der Waals surface area contributed by atoms with Crippen molar-refractivity contribution in [2.45, 2.75) is 20.4 Å². The van der Waals surface area contributed by atoms with Crippen LogP contribution >= 0.6 is 0 Å². The molecule has 0 radical (unpaired) electrons. The summed E-state index contributed by atoms with van der Waals surface area (Å²) in [6.45, 7) is 4.32. The summed E-state index contributed by atoms with van der Waals surface area (Å²) in [5.74, 6) is 0. The third-order valence-electron chi connectivity index (χ3n) is 2.86. The Hall–Kier alpha value is -2.43. The number of hydrogen-bond donors (Lipinski definition) is 1. The Morgan fingerprint density at radius 3 is 2.63 bits per heavy atom. The molecule has 0 spiro atoms. The molecule has 1 aromatic heterocycles. The van der Waals surface area contributed by atoms with E-state index < -0.39 is 0 Å². The number of rotatable bonds is 4. The van der Waals surface area contributed by atoms with E-state index in [0.717, 1.165) is 16.9 Å². The highest BCUT2D eigenvalue weighted by atomic mass is 16.6. The first-order valence-corrected chi connectivity index (χ1v) is 5.97. The molecule has 0 amide bonds. The van der Waals surface area contributed by atoms with Gasteiger partial charge >= 0.3 is 0 Å². The first-order chi connectivity index (χ1) is 9.06. The smallest absolute Gasteiger partial charge is 0.272 e. The van der Waals surface area contributed by atoms with Crippen LogP contribution in [0.2, 0.25) is 0 Å². The van der Waals surface area contributed by atoms with Crippen molar-refractivity contribution in [2.75, 3.05) is 5.32 Å². The monoisotopic (exact) mass is 257 g/mol. The van der Waals surface area contributed by atoms with Crippen molar-refractivity contribution < 1.29 is 4.92 Å². The van der Waals surface area contributed by atoms with Crippen LogP contribution < -0.4 is 5.32 Å². The van der Waals surface area contributed by atoms with Gasteiger partial charge in [-0.15, -0.1) is 0 Å². The molecule has 1 heterocycles. The summed E-state index contributed by atoms with van der Waals surface area (Å²) in [6.07, 6.45) is 1.82. The normalized spacial score (nSPS) is 10.2. The van der Waals surface area contributed by atoms with E-state index in [-0.39, 0.29) is 10.6 Å². The Morgan fingerprint density at radius 2 is 2.05 bits per heavy atom. The van der Waals surface area contributed by atoms with Crippen molar-refractivity contribution in [3.63, 3.8) is 0 Å². The highest BCUT2D eigenvalue weighted by Gasteiger charge is 2.09. The molecular weight excluding hydrogens is 242 g/mol. The molecule has 2 aromatic rings. The van der Waals surface area contributed by atoms with Crippen LogP contribution in [0.1, 0.15) is 16.8 Å². The van der Waals surface area contributed by atoms with Gasteiger partial charge in [0.25, 0.3) is 5.69 Å². The molecule has 2 rings (SSSR count). The minimum Gasteiger partial charge on any atom is -0.381 e. The standard InChI is InChI=1S/C14H15N3O2/c1-10-7-13(5-6-14(10)17(18)19)16-9-12-4-3-11(2)15-8-12/h3-8,16H,9H2,1-2H3. The molecule has 1 N–H and O–H groups in total. The minimum absolute atomic E-state index is 0.141. The van der Waals surface area contributed by atoms with Gasteiger partial charge < -0.3 is 5.32 Å². The third kappa shape index (κ3) is 3.28. The van der Waals surface area contributed by atoms with Gasteiger partial charge in [-0.05, 0) is 37.6 Å².